The van der Waals surface area contributed by atoms with Gasteiger partial charge in [0.25, 0.3) is 10.0 Å². The third-order valence-electron chi connectivity index (χ3n) is 7.07. The van der Waals surface area contributed by atoms with E-state index in [0.717, 1.165) is 23.0 Å². The summed E-state index contributed by atoms with van der Waals surface area (Å²) < 4.78 is 39.3. The molecule has 1 N–H and O–H groups in total. The summed E-state index contributed by atoms with van der Waals surface area (Å²) in [7, 11) is -1.15. The van der Waals surface area contributed by atoms with Crippen molar-refractivity contribution in [1.82, 2.24) is 5.32 Å². The standard InChI is InChI=1S/C30H37N3O5S/c1-22-9-8-18-32(20-22)25-14-12-24(13-15-25)23(2)31-30(34)21-33(39(35,36)27-10-6-5-7-11-27)28-19-26(37-3)16-17-29(28)38-4/h5-7,10-17,19,22-23H,8-9,18,20-21H2,1-4H3,(H,31,34). The quantitative estimate of drug-likeness (QED) is 0.381. The van der Waals surface area contributed by atoms with Crippen molar-refractivity contribution in [3.05, 3.63) is 78.4 Å². The van der Waals surface area contributed by atoms with Gasteiger partial charge < -0.3 is 19.7 Å². The highest BCUT2D eigenvalue weighted by molar-refractivity contribution is 7.92. The Balaban J connectivity index is 1.56. The van der Waals surface area contributed by atoms with Gasteiger partial charge in [-0.2, -0.15) is 0 Å². The highest BCUT2D eigenvalue weighted by Crippen LogP contribution is 2.35. The molecular formula is C30H37N3O5S. The van der Waals surface area contributed by atoms with E-state index in [1.54, 1.807) is 36.4 Å². The summed E-state index contributed by atoms with van der Waals surface area (Å²) in [5, 5.41) is 2.96. The predicted octanol–water partition coefficient (Wildman–Crippen LogP) is 5.01. The molecule has 2 atom stereocenters. The van der Waals surface area contributed by atoms with Crippen LogP contribution in [0.4, 0.5) is 11.4 Å². The van der Waals surface area contributed by atoms with Crippen LogP contribution in [0.5, 0.6) is 11.5 Å². The Kier molecular flexibility index (Phi) is 9.01. The lowest BCUT2D eigenvalue weighted by atomic mass is 9.99. The van der Waals surface area contributed by atoms with Crippen molar-refractivity contribution in [1.29, 1.82) is 0 Å². The SMILES string of the molecule is COc1ccc(OC)c(N(CC(=O)NC(C)c2ccc(N3CCCC(C)C3)cc2)S(=O)(=O)c2ccccc2)c1. The summed E-state index contributed by atoms with van der Waals surface area (Å²) >= 11 is 0. The first-order chi connectivity index (χ1) is 18.7. The number of carbonyl (C=O) groups is 1. The van der Waals surface area contributed by atoms with Crippen molar-refractivity contribution in [2.45, 2.75) is 37.6 Å². The van der Waals surface area contributed by atoms with Gasteiger partial charge in [-0.3, -0.25) is 9.10 Å². The van der Waals surface area contributed by atoms with E-state index in [4.69, 9.17) is 9.47 Å². The van der Waals surface area contributed by atoms with Crippen LogP contribution < -0.4 is 24.0 Å². The molecule has 4 rings (SSSR count). The zero-order valence-corrected chi connectivity index (χ0v) is 23.8. The molecule has 8 nitrogen and oxygen atoms in total. The first-order valence-electron chi connectivity index (χ1n) is 13.2. The highest BCUT2D eigenvalue weighted by Gasteiger charge is 2.30. The average molecular weight is 552 g/mol. The van der Waals surface area contributed by atoms with Gasteiger partial charge in [-0.1, -0.05) is 37.3 Å². The molecule has 208 valence electrons. The van der Waals surface area contributed by atoms with Crippen molar-refractivity contribution >= 4 is 27.3 Å². The van der Waals surface area contributed by atoms with Crippen LogP contribution in [0.15, 0.2) is 77.7 Å². The molecule has 3 aromatic carbocycles. The Hall–Kier alpha value is -3.72. The Morgan fingerprint density at radius 3 is 2.41 bits per heavy atom. The van der Waals surface area contributed by atoms with Gasteiger partial charge in [-0.25, -0.2) is 8.42 Å². The minimum absolute atomic E-state index is 0.0679. The fraction of sp³-hybridized carbons (Fsp3) is 0.367. The van der Waals surface area contributed by atoms with Crippen LogP contribution in [0.3, 0.4) is 0 Å². The number of hydrogen-bond donors (Lipinski definition) is 1. The molecule has 0 radical (unpaired) electrons. The Morgan fingerprint density at radius 1 is 1.05 bits per heavy atom. The number of amides is 1. The maximum atomic E-state index is 13.7. The first-order valence-corrected chi connectivity index (χ1v) is 14.6. The van der Waals surface area contributed by atoms with Gasteiger partial charge in [-0.05, 0) is 67.6 Å². The molecule has 0 bridgehead atoms. The molecule has 1 aliphatic rings. The van der Waals surface area contributed by atoms with Crippen molar-refractivity contribution in [2.75, 3.05) is 43.1 Å². The molecule has 3 aromatic rings. The Labute approximate surface area is 231 Å². The zero-order chi connectivity index (χ0) is 28.0. The van der Waals surface area contributed by atoms with Gasteiger partial charge in [0, 0.05) is 24.8 Å². The van der Waals surface area contributed by atoms with E-state index >= 15 is 0 Å². The van der Waals surface area contributed by atoms with E-state index in [-0.39, 0.29) is 16.6 Å². The minimum Gasteiger partial charge on any atom is -0.497 e. The molecule has 1 fully saturated rings. The molecule has 9 heteroatoms. The van der Waals surface area contributed by atoms with Crippen LogP contribution in [0.1, 0.15) is 38.3 Å². The van der Waals surface area contributed by atoms with Crippen molar-refractivity contribution in [2.24, 2.45) is 5.92 Å². The second-order valence-corrected chi connectivity index (χ2v) is 11.8. The first kappa shape index (κ1) is 28.3. The van der Waals surface area contributed by atoms with Crippen LogP contribution in [-0.4, -0.2) is 48.2 Å². The summed E-state index contributed by atoms with van der Waals surface area (Å²) in [5.41, 5.74) is 2.33. The van der Waals surface area contributed by atoms with Crippen LogP contribution in [0.2, 0.25) is 0 Å². The molecule has 1 amide bonds. The number of carbonyl (C=O) groups excluding carboxylic acids is 1. The topological polar surface area (TPSA) is 88.2 Å². The summed E-state index contributed by atoms with van der Waals surface area (Å²) in [6.45, 7) is 5.83. The number of anilines is 2. The molecule has 1 saturated heterocycles. The summed E-state index contributed by atoms with van der Waals surface area (Å²) in [6, 6.07) is 20.8. The monoisotopic (exact) mass is 551 g/mol. The summed E-state index contributed by atoms with van der Waals surface area (Å²) in [5.74, 6) is 0.977. The molecule has 0 aliphatic carbocycles. The Morgan fingerprint density at radius 2 is 1.77 bits per heavy atom. The normalized spacial score (nSPS) is 16.3. The fourth-order valence-electron chi connectivity index (χ4n) is 4.91. The van der Waals surface area contributed by atoms with E-state index in [1.165, 1.54) is 44.9 Å². The molecule has 1 heterocycles. The molecule has 0 aromatic heterocycles. The number of nitrogens with one attached hydrogen (secondary N) is 1. The number of nitrogens with zero attached hydrogens (tertiary/aromatic N) is 2. The van der Waals surface area contributed by atoms with Crippen LogP contribution >= 0.6 is 0 Å². The second-order valence-electron chi connectivity index (χ2n) is 9.94. The smallest absolute Gasteiger partial charge is 0.264 e. The molecule has 2 unspecified atom stereocenters. The van der Waals surface area contributed by atoms with Crippen molar-refractivity contribution < 1.29 is 22.7 Å². The number of benzene rings is 3. The van der Waals surface area contributed by atoms with Crippen LogP contribution in [-0.2, 0) is 14.8 Å². The zero-order valence-electron chi connectivity index (χ0n) is 23.0. The maximum absolute atomic E-state index is 13.7. The number of methoxy groups -OCH3 is 2. The molecule has 0 spiro atoms. The van der Waals surface area contributed by atoms with E-state index in [1.807, 2.05) is 19.1 Å². The van der Waals surface area contributed by atoms with Crippen LogP contribution in [0, 0.1) is 5.92 Å². The second kappa shape index (κ2) is 12.4. The van der Waals surface area contributed by atoms with Gasteiger partial charge in [0.1, 0.15) is 18.0 Å². The predicted molar refractivity (Wildman–Crippen MR) is 154 cm³/mol. The van der Waals surface area contributed by atoms with Gasteiger partial charge in [0.2, 0.25) is 5.91 Å². The van der Waals surface area contributed by atoms with Crippen molar-refractivity contribution in [3.63, 3.8) is 0 Å². The number of ether oxygens (including phenoxy) is 2. The number of hydrogen-bond acceptors (Lipinski definition) is 6. The van der Waals surface area contributed by atoms with Gasteiger partial charge in [-0.15, -0.1) is 0 Å². The van der Waals surface area contributed by atoms with Gasteiger partial charge in [0.05, 0.1) is 30.8 Å². The van der Waals surface area contributed by atoms with E-state index in [9.17, 15) is 13.2 Å². The average Bonchev–Trinajstić information content (AvgIpc) is 2.96. The van der Waals surface area contributed by atoms with Gasteiger partial charge in [0.15, 0.2) is 0 Å². The fourth-order valence-corrected chi connectivity index (χ4v) is 6.35. The van der Waals surface area contributed by atoms with Crippen molar-refractivity contribution in [3.8, 4) is 11.5 Å². The van der Waals surface area contributed by atoms with E-state index in [2.05, 4.69) is 29.3 Å². The number of sulfonamides is 1. The lowest BCUT2D eigenvalue weighted by Gasteiger charge is -2.33. The van der Waals surface area contributed by atoms with Crippen LogP contribution in [0.25, 0.3) is 0 Å². The summed E-state index contributed by atoms with van der Waals surface area (Å²) in [6.07, 6.45) is 2.45. The minimum atomic E-state index is -4.10. The maximum Gasteiger partial charge on any atom is 0.264 e. The third-order valence-corrected chi connectivity index (χ3v) is 8.84. The molecule has 39 heavy (non-hydrogen) atoms. The number of piperidine rings is 1. The highest BCUT2D eigenvalue weighted by atomic mass is 32.2. The molecular weight excluding hydrogens is 514 g/mol. The lowest BCUT2D eigenvalue weighted by Crippen LogP contribution is -2.41. The Bertz CT molecular complexity index is 1360. The van der Waals surface area contributed by atoms with E-state index < -0.39 is 22.5 Å². The van der Waals surface area contributed by atoms with Gasteiger partial charge >= 0.3 is 0 Å². The molecule has 1 aliphatic heterocycles. The van der Waals surface area contributed by atoms with E-state index in [0.29, 0.717) is 17.4 Å². The molecule has 0 saturated carbocycles. The summed E-state index contributed by atoms with van der Waals surface area (Å²) in [4.78, 5) is 15.8. The largest absolute Gasteiger partial charge is 0.497 e. The third kappa shape index (κ3) is 6.65. The number of rotatable bonds is 10. The lowest BCUT2D eigenvalue weighted by molar-refractivity contribution is -0.120.